The van der Waals surface area contributed by atoms with Crippen molar-refractivity contribution in [1.29, 1.82) is 0 Å². The first-order valence-electron chi connectivity index (χ1n) is 10.0. The van der Waals surface area contributed by atoms with Gasteiger partial charge in [0.25, 0.3) is 0 Å². The minimum absolute atomic E-state index is 0.0268. The fourth-order valence-corrected chi connectivity index (χ4v) is 3.39. The number of carbonyl (C=O) groups is 1. The summed E-state index contributed by atoms with van der Waals surface area (Å²) in [6.45, 7) is 6.39. The van der Waals surface area contributed by atoms with E-state index in [9.17, 15) is 9.59 Å². The van der Waals surface area contributed by atoms with Crippen molar-refractivity contribution in [3.63, 3.8) is 0 Å². The molecule has 1 aromatic heterocycles. The summed E-state index contributed by atoms with van der Waals surface area (Å²) in [5, 5.41) is 0.331. The first-order chi connectivity index (χ1) is 15.2. The van der Waals surface area contributed by atoms with Crippen LogP contribution in [0.3, 0.4) is 0 Å². The Labute approximate surface area is 193 Å². The molecular formula is C26H21BrO5. The van der Waals surface area contributed by atoms with Gasteiger partial charge in [0.2, 0.25) is 11.2 Å². The first-order valence-corrected chi connectivity index (χ1v) is 10.8. The highest BCUT2D eigenvalue weighted by atomic mass is 79.9. The maximum absolute atomic E-state index is 12.8. The summed E-state index contributed by atoms with van der Waals surface area (Å²) in [7, 11) is 0. The lowest BCUT2D eigenvalue weighted by Crippen LogP contribution is -2.10. The molecule has 4 aromatic rings. The van der Waals surface area contributed by atoms with Crippen molar-refractivity contribution in [1.82, 2.24) is 0 Å². The molecule has 0 saturated carbocycles. The molecule has 0 aliphatic carbocycles. The molecule has 162 valence electrons. The molecule has 0 aliphatic rings. The number of rotatable bonds is 4. The molecule has 0 unspecified atom stereocenters. The van der Waals surface area contributed by atoms with Gasteiger partial charge in [0.1, 0.15) is 23.3 Å². The summed E-state index contributed by atoms with van der Waals surface area (Å²) < 4.78 is 17.6. The van der Waals surface area contributed by atoms with Gasteiger partial charge < -0.3 is 13.9 Å². The number of hydrogen-bond donors (Lipinski definition) is 0. The molecule has 1 heterocycles. The molecule has 0 atom stereocenters. The number of hydrogen-bond acceptors (Lipinski definition) is 5. The van der Waals surface area contributed by atoms with E-state index in [1.54, 1.807) is 36.4 Å². The summed E-state index contributed by atoms with van der Waals surface area (Å²) in [4.78, 5) is 25.2. The fraction of sp³-hybridized carbons (Fsp3) is 0.154. The van der Waals surface area contributed by atoms with E-state index in [0.29, 0.717) is 22.3 Å². The van der Waals surface area contributed by atoms with Gasteiger partial charge in [-0.3, -0.25) is 4.79 Å². The number of halogens is 1. The molecule has 0 spiro atoms. The molecule has 0 bridgehead atoms. The zero-order chi connectivity index (χ0) is 22.9. The second-order valence-corrected chi connectivity index (χ2v) is 9.28. The molecule has 32 heavy (non-hydrogen) atoms. The highest BCUT2D eigenvalue weighted by Gasteiger charge is 2.15. The molecule has 0 aliphatic heterocycles. The maximum atomic E-state index is 12.8. The summed E-state index contributed by atoms with van der Waals surface area (Å²) >= 11 is 3.33. The molecule has 0 saturated heterocycles. The van der Waals surface area contributed by atoms with Crippen molar-refractivity contribution in [2.45, 2.75) is 26.2 Å². The molecule has 0 N–H and O–H groups in total. The number of carbonyl (C=O) groups excluding carboxylic acids is 1. The van der Waals surface area contributed by atoms with Crippen LogP contribution in [0.5, 0.6) is 17.2 Å². The number of ether oxygens (including phenoxy) is 2. The topological polar surface area (TPSA) is 65.7 Å². The van der Waals surface area contributed by atoms with E-state index in [-0.39, 0.29) is 22.3 Å². The Morgan fingerprint density at radius 3 is 2.22 bits per heavy atom. The van der Waals surface area contributed by atoms with Gasteiger partial charge in [-0.05, 0) is 59.5 Å². The molecule has 3 aromatic carbocycles. The van der Waals surface area contributed by atoms with Gasteiger partial charge in [-0.2, -0.15) is 0 Å². The molecule has 5 nitrogen and oxygen atoms in total. The Balaban J connectivity index is 1.55. The standard InChI is InChI=1S/C26H21BrO5/c1-26(2,3)17-6-10-19(11-7-17)31-23-15-30-22-14-20(12-13-21(22)24(23)28)32-25(29)16-4-8-18(27)9-5-16/h4-15H,1-3H3. The quantitative estimate of drug-likeness (QED) is 0.230. The van der Waals surface area contributed by atoms with Crippen LogP contribution in [0.1, 0.15) is 36.7 Å². The highest BCUT2D eigenvalue weighted by Crippen LogP contribution is 2.27. The summed E-state index contributed by atoms with van der Waals surface area (Å²) in [6.07, 6.45) is 1.27. The minimum Gasteiger partial charge on any atom is -0.460 e. The van der Waals surface area contributed by atoms with Crippen LogP contribution in [0.2, 0.25) is 0 Å². The molecule has 4 rings (SSSR count). The first kappa shape index (κ1) is 21.8. The third kappa shape index (κ3) is 4.75. The van der Waals surface area contributed by atoms with Gasteiger partial charge in [0, 0.05) is 10.5 Å². The predicted molar refractivity (Wildman–Crippen MR) is 127 cm³/mol. The Bertz CT molecular complexity index is 1330. The van der Waals surface area contributed by atoms with Crippen molar-refractivity contribution in [3.8, 4) is 17.2 Å². The van der Waals surface area contributed by atoms with Crippen LogP contribution in [-0.4, -0.2) is 5.97 Å². The smallest absolute Gasteiger partial charge is 0.343 e. The Morgan fingerprint density at radius 1 is 0.906 bits per heavy atom. The van der Waals surface area contributed by atoms with E-state index >= 15 is 0 Å². The van der Waals surface area contributed by atoms with Crippen molar-refractivity contribution in [2.24, 2.45) is 0 Å². The second kappa shape index (κ2) is 8.63. The lowest BCUT2D eigenvalue weighted by Gasteiger charge is -2.19. The van der Waals surface area contributed by atoms with Gasteiger partial charge in [-0.1, -0.05) is 48.8 Å². The van der Waals surface area contributed by atoms with E-state index < -0.39 is 5.97 Å². The Hall–Kier alpha value is -3.38. The average Bonchev–Trinajstić information content (AvgIpc) is 2.76. The van der Waals surface area contributed by atoms with Crippen LogP contribution in [0, 0.1) is 0 Å². The van der Waals surface area contributed by atoms with Gasteiger partial charge in [0.15, 0.2) is 0 Å². The Kier molecular flexibility index (Phi) is 5.89. The number of fused-ring (bicyclic) bond motifs is 1. The van der Waals surface area contributed by atoms with E-state index in [1.165, 1.54) is 17.9 Å². The van der Waals surface area contributed by atoms with Gasteiger partial charge in [-0.15, -0.1) is 0 Å². The van der Waals surface area contributed by atoms with Crippen molar-refractivity contribution < 1.29 is 18.7 Å². The largest absolute Gasteiger partial charge is 0.460 e. The summed E-state index contributed by atoms with van der Waals surface area (Å²) in [5.74, 6) is 0.406. The SMILES string of the molecule is CC(C)(C)c1ccc(Oc2coc3cc(OC(=O)c4ccc(Br)cc4)ccc3c2=O)cc1. The zero-order valence-corrected chi connectivity index (χ0v) is 19.4. The number of benzene rings is 3. The monoisotopic (exact) mass is 492 g/mol. The second-order valence-electron chi connectivity index (χ2n) is 8.36. The van der Waals surface area contributed by atoms with Gasteiger partial charge in [-0.25, -0.2) is 4.79 Å². The normalized spacial score (nSPS) is 11.4. The molecule has 0 fully saturated rings. The maximum Gasteiger partial charge on any atom is 0.343 e. The molecule has 0 amide bonds. The zero-order valence-electron chi connectivity index (χ0n) is 17.8. The fourth-order valence-electron chi connectivity index (χ4n) is 3.13. The van der Waals surface area contributed by atoms with Crippen molar-refractivity contribution in [3.05, 3.63) is 98.8 Å². The van der Waals surface area contributed by atoms with Gasteiger partial charge >= 0.3 is 5.97 Å². The van der Waals surface area contributed by atoms with Crippen LogP contribution in [0.15, 0.2) is 86.7 Å². The van der Waals surface area contributed by atoms with E-state index in [0.717, 1.165) is 4.47 Å². The lowest BCUT2D eigenvalue weighted by atomic mass is 9.87. The molecular weight excluding hydrogens is 472 g/mol. The van der Waals surface area contributed by atoms with Crippen LogP contribution in [-0.2, 0) is 5.41 Å². The third-order valence-electron chi connectivity index (χ3n) is 4.95. The average molecular weight is 493 g/mol. The molecule has 0 radical (unpaired) electrons. The van der Waals surface area contributed by atoms with E-state index in [4.69, 9.17) is 13.9 Å². The van der Waals surface area contributed by atoms with Crippen molar-refractivity contribution in [2.75, 3.05) is 0 Å². The predicted octanol–water partition coefficient (Wildman–Crippen LogP) is 6.86. The van der Waals surface area contributed by atoms with Gasteiger partial charge in [0.05, 0.1) is 10.9 Å². The summed E-state index contributed by atoms with van der Waals surface area (Å²) in [6, 6.07) is 19.1. The number of esters is 1. The lowest BCUT2D eigenvalue weighted by molar-refractivity contribution is 0.0735. The highest BCUT2D eigenvalue weighted by molar-refractivity contribution is 9.10. The Morgan fingerprint density at radius 2 is 1.56 bits per heavy atom. The van der Waals surface area contributed by atoms with Crippen molar-refractivity contribution >= 4 is 32.9 Å². The van der Waals surface area contributed by atoms with E-state index in [1.807, 2.05) is 24.3 Å². The van der Waals surface area contributed by atoms with E-state index in [2.05, 4.69) is 36.7 Å². The summed E-state index contributed by atoms with van der Waals surface area (Å²) in [5.41, 5.74) is 1.60. The van der Waals surface area contributed by atoms with Crippen LogP contribution in [0.25, 0.3) is 11.0 Å². The van der Waals surface area contributed by atoms with Crippen LogP contribution < -0.4 is 14.9 Å². The molecule has 6 heteroatoms. The minimum atomic E-state index is -0.502. The van der Waals surface area contributed by atoms with Crippen LogP contribution in [0.4, 0.5) is 0 Å². The third-order valence-corrected chi connectivity index (χ3v) is 5.48. The van der Waals surface area contributed by atoms with Crippen LogP contribution >= 0.6 is 15.9 Å².